The van der Waals surface area contributed by atoms with Gasteiger partial charge in [0.1, 0.15) is 0 Å². The number of nitrogens with one attached hydrogen (secondary N) is 1. The number of hydrogen-bond acceptors (Lipinski definition) is 3. The van der Waals surface area contributed by atoms with Crippen molar-refractivity contribution in [2.45, 2.75) is 0 Å². The van der Waals surface area contributed by atoms with Crippen LogP contribution in [0.25, 0.3) is 6.08 Å². The van der Waals surface area contributed by atoms with Gasteiger partial charge in [-0.05, 0) is 35.9 Å². The molecule has 2 aromatic rings. The average molecular weight is 300 g/mol. The zero-order valence-corrected chi connectivity index (χ0v) is 12.2. The lowest BCUT2D eigenvalue weighted by Gasteiger charge is -1.97. The van der Waals surface area contributed by atoms with Crippen LogP contribution in [0.5, 0.6) is 0 Å². The van der Waals surface area contributed by atoms with E-state index in [1.807, 2.05) is 12.1 Å². The van der Waals surface area contributed by atoms with E-state index in [4.69, 9.17) is 11.6 Å². The first-order chi connectivity index (χ1) is 10.1. The van der Waals surface area contributed by atoms with Gasteiger partial charge in [-0.3, -0.25) is 9.59 Å². The zero-order valence-electron chi connectivity index (χ0n) is 11.5. The molecule has 0 aromatic heterocycles. The normalized spacial score (nSPS) is 10.6. The highest BCUT2D eigenvalue weighted by atomic mass is 35.5. The van der Waals surface area contributed by atoms with Gasteiger partial charge in [0.05, 0.1) is 11.3 Å². The molecule has 0 saturated heterocycles. The molecule has 0 amide bonds. The molecule has 2 rings (SSSR count). The monoisotopic (exact) mass is 299 g/mol. The number of halogens is 1. The number of ketones is 1. The Kier molecular flexibility index (Phi) is 4.90. The summed E-state index contributed by atoms with van der Waals surface area (Å²) in [6, 6.07) is 13.7. The van der Waals surface area contributed by atoms with Gasteiger partial charge in [0.25, 0.3) is 0 Å². The van der Waals surface area contributed by atoms with Crippen LogP contribution in [0.4, 0.5) is 5.69 Å². The van der Waals surface area contributed by atoms with E-state index in [2.05, 4.69) is 5.32 Å². The Hall–Kier alpha value is -2.39. The van der Waals surface area contributed by atoms with E-state index in [-0.39, 0.29) is 16.8 Å². The maximum Gasteiger partial charge on any atom is 0.212 e. The Bertz CT molecular complexity index is 754. The van der Waals surface area contributed by atoms with Gasteiger partial charge >= 0.3 is 0 Å². The molecule has 0 unspecified atom stereocenters. The molecule has 0 bridgehead atoms. The topological polar surface area (TPSA) is 46.2 Å². The first-order valence-electron chi connectivity index (χ1n) is 6.41. The second-order valence-electron chi connectivity index (χ2n) is 4.34. The molecular weight excluding hydrogens is 286 g/mol. The van der Waals surface area contributed by atoms with Crippen molar-refractivity contribution in [3.05, 3.63) is 81.0 Å². The van der Waals surface area contributed by atoms with E-state index in [0.29, 0.717) is 10.7 Å². The predicted octanol–water partition coefficient (Wildman–Crippen LogP) is 3.64. The highest BCUT2D eigenvalue weighted by Crippen LogP contribution is 2.16. The van der Waals surface area contributed by atoms with Gasteiger partial charge in [-0.15, -0.1) is 0 Å². The van der Waals surface area contributed by atoms with Crippen LogP contribution in [-0.4, -0.2) is 12.8 Å². The molecule has 0 aliphatic heterocycles. The van der Waals surface area contributed by atoms with Crippen LogP contribution >= 0.6 is 11.6 Å². The maximum atomic E-state index is 12.2. The van der Waals surface area contributed by atoms with Crippen molar-refractivity contribution in [2.75, 3.05) is 12.4 Å². The van der Waals surface area contributed by atoms with Crippen molar-refractivity contribution in [3.63, 3.8) is 0 Å². The minimum atomic E-state index is -0.354. The number of allylic oxidation sites excluding steroid dienone is 1. The van der Waals surface area contributed by atoms with Gasteiger partial charge in [-0.1, -0.05) is 41.9 Å². The molecule has 21 heavy (non-hydrogen) atoms. The predicted molar refractivity (Wildman–Crippen MR) is 87.1 cm³/mol. The van der Waals surface area contributed by atoms with Crippen molar-refractivity contribution in [2.24, 2.45) is 0 Å². The van der Waals surface area contributed by atoms with Crippen LogP contribution in [0, 0.1) is 0 Å². The summed E-state index contributed by atoms with van der Waals surface area (Å²) in [5.74, 6) is -0.354. The Labute approximate surface area is 127 Å². The molecule has 0 atom stereocenters. The highest BCUT2D eigenvalue weighted by molar-refractivity contribution is 6.32. The minimum absolute atomic E-state index is 0.118. The van der Waals surface area contributed by atoms with E-state index in [9.17, 15) is 9.59 Å². The molecule has 106 valence electrons. The largest absolute Gasteiger partial charge is 0.385 e. The van der Waals surface area contributed by atoms with Crippen LogP contribution in [0.15, 0.2) is 59.4 Å². The van der Waals surface area contributed by atoms with Crippen molar-refractivity contribution in [3.8, 4) is 0 Å². The molecule has 0 spiro atoms. The molecule has 0 radical (unpaired) electrons. The van der Waals surface area contributed by atoms with E-state index in [1.165, 1.54) is 12.1 Å². The van der Waals surface area contributed by atoms with Crippen LogP contribution in [-0.2, 0) is 0 Å². The Balaban J connectivity index is 2.37. The summed E-state index contributed by atoms with van der Waals surface area (Å²) in [6.07, 6.45) is 2.97. The Morgan fingerprint density at radius 3 is 2.48 bits per heavy atom. The van der Waals surface area contributed by atoms with Gasteiger partial charge in [0.15, 0.2) is 5.78 Å². The first kappa shape index (κ1) is 15.0. The van der Waals surface area contributed by atoms with Gasteiger partial charge in [0.2, 0.25) is 5.43 Å². The van der Waals surface area contributed by atoms with Gasteiger partial charge in [0, 0.05) is 12.1 Å². The smallest absolute Gasteiger partial charge is 0.212 e. The molecule has 0 aliphatic rings. The summed E-state index contributed by atoms with van der Waals surface area (Å²) in [5.41, 5.74) is 0.910. The standard InChI is InChI=1S/C17H14ClNO2/c1-19-15-9-5-3-7-13(17(15)21)16(20)11-10-12-6-2-4-8-14(12)18/h2-11H,1H3,(H,19,21)/b11-10-. The zero-order chi connectivity index (χ0) is 15.2. The molecule has 3 nitrogen and oxygen atoms in total. The van der Waals surface area contributed by atoms with Gasteiger partial charge in [-0.2, -0.15) is 0 Å². The summed E-state index contributed by atoms with van der Waals surface area (Å²) < 4.78 is 0. The highest BCUT2D eigenvalue weighted by Gasteiger charge is 2.08. The first-order valence-corrected chi connectivity index (χ1v) is 6.79. The third-order valence-electron chi connectivity index (χ3n) is 2.98. The summed E-state index contributed by atoms with van der Waals surface area (Å²) in [7, 11) is 1.64. The summed E-state index contributed by atoms with van der Waals surface area (Å²) in [5, 5.41) is 3.34. The quantitative estimate of drug-likeness (QED) is 0.692. The molecule has 0 saturated carbocycles. The Morgan fingerprint density at radius 1 is 1.10 bits per heavy atom. The summed E-state index contributed by atoms with van der Waals surface area (Å²) in [6.45, 7) is 0. The Morgan fingerprint density at radius 2 is 1.76 bits per heavy atom. The van der Waals surface area contributed by atoms with Crippen molar-refractivity contribution < 1.29 is 4.79 Å². The lowest BCUT2D eigenvalue weighted by atomic mass is 10.1. The molecule has 4 heteroatoms. The fourth-order valence-corrected chi connectivity index (χ4v) is 2.06. The number of benzene rings is 1. The number of hydrogen-bond donors (Lipinski definition) is 1. The number of carbonyl (C=O) groups is 1. The lowest BCUT2D eigenvalue weighted by molar-refractivity contribution is 0.104. The fourth-order valence-electron chi connectivity index (χ4n) is 1.86. The van der Waals surface area contributed by atoms with Crippen LogP contribution in [0.2, 0.25) is 5.02 Å². The summed E-state index contributed by atoms with van der Waals surface area (Å²) >= 11 is 6.02. The molecular formula is C17H14ClNO2. The molecule has 2 aromatic carbocycles. The van der Waals surface area contributed by atoms with Crippen LogP contribution in [0.1, 0.15) is 15.9 Å². The number of carbonyl (C=O) groups excluding carboxylic acids is 1. The van der Waals surface area contributed by atoms with Crippen molar-refractivity contribution in [1.82, 2.24) is 0 Å². The van der Waals surface area contributed by atoms with Crippen LogP contribution < -0.4 is 10.7 Å². The number of rotatable bonds is 4. The minimum Gasteiger partial charge on any atom is -0.385 e. The molecule has 0 fully saturated rings. The lowest BCUT2D eigenvalue weighted by Crippen LogP contribution is -2.14. The van der Waals surface area contributed by atoms with E-state index < -0.39 is 0 Å². The van der Waals surface area contributed by atoms with Crippen molar-refractivity contribution in [1.29, 1.82) is 0 Å². The third kappa shape index (κ3) is 3.58. The third-order valence-corrected chi connectivity index (χ3v) is 3.32. The van der Waals surface area contributed by atoms with Gasteiger partial charge < -0.3 is 5.32 Å². The van der Waals surface area contributed by atoms with Crippen LogP contribution in [0.3, 0.4) is 0 Å². The second kappa shape index (κ2) is 6.86. The average Bonchev–Trinajstić information content (AvgIpc) is 2.67. The number of anilines is 1. The fraction of sp³-hybridized carbons (Fsp3) is 0.0588. The van der Waals surface area contributed by atoms with E-state index in [1.54, 1.807) is 43.5 Å². The van der Waals surface area contributed by atoms with E-state index >= 15 is 0 Å². The van der Waals surface area contributed by atoms with Crippen molar-refractivity contribution >= 4 is 29.1 Å². The van der Waals surface area contributed by atoms with Gasteiger partial charge in [-0.25, -0.2) is 0 Å². The summed E-state index contributed by atoms with van der Waals surface area (Å²) in [4.78, 5) is 24.4. The molecule has 0 heterocycles. The maximum absolute atomic E-state index is 12.2. The van der Waals surface area contributed by atoms with E-state index in [0.717, 1.165) is 5.56 Å². The second-order valence-corrected chi connectivity index (χ2v) is 4.75. The molecule has 0 aliphatic carbocycles. The SMILES string of the molecule is CNc1ccccc(C(=O)/C=C\c2ccccc2Cl)c1=O. The molecule has 1 N–H and O–H groups in total.